The van der Waals surface area contributed by atoms with Crippen LogP contribution in [0.3, 0.4) is 0 Å². The van der Waals surface area contributed by atoms with E-state index in [2.05, 4.69) is 31.2 Å². The zero-order valence-corrected chi connectivity index (χ0v) is 11.5. The van der Waals surface area contributed by atoms with E-state index >= 15 is 0 Å². The molecule has 2 heteroatoms. The number of methoxy groups -OCH3 is 1. The summed E-state index contributed by atoms with van der Waals surface area (Å²) in [6, 6.07) is 18.4. The Labute approximate surface area is 115 Å². The van der Waals surface area contributed by atoms with E-state index in [4.69, 9.17) is 9.47 Å². The summed E-state index contributed by atoms with van der Waals surface area (Å²) in [6.45, 7) is 2.14. The Balaban J connectivity index is 1.98. The Morgan fingerprint density at radius 2 is 1.58 bits per heavy atom. The van der Waals surface area contributed by atoms with Crippen molar-refractivity contribution in [2.75, 3.05) is 7.11 Å². The predicted molar refractivity (Wildman–Crippen MR) is 77.4 cm³/mol. The molecule has 0 saturated carbocycles. The lowest BCUT2D eigenvalue weighted by Crippen LogP contribution is -2.21. The Kier molecular flexibility index (Phi) is 4.99. The first kappa shape index (κ1) is 13.6. The fraction of sp³-hybridized carbons (Fsp3) is 0.294. The maximum absolute atomic E-state index is 5.84. The molecular formula is C17H20O2. The molecule has 0 spiro atoms. The second-order valence-electron chi connectivity index (χ2n) is 4.47. The van der Waals surface area contributed by atoms with E-state index in [0.29, 0.717) is 0 Å². The number of hydrogen-bond acceptors (Lipinski definition) is 2. The van der Waals surface area contributed by atoms with Gasteiger partial charge in [0.1, 0.15) is 5.75 Å². The summed E-state index contributed by atoms with van der Waals surface area (Å²) >= 11 is 0. The molecule has 0 bridgehead atoms. The van der Waals surface area contributed by atoms with Gasteiger partial charge in [0.25, 0.3) is 0 Å². The third-order valence-electron chi connectivity index (χ3n) is 3.11. The van der Waals surface area contributed by atoms with E-state index in [1.54, 1.807) is 7.11 Å². The standard InChI is InChI=1S/C17H20O2/c1-3-14-9-11-16(12-10-14)19-17(18-2)13-15-7-5-4-6-8-15/h4-12,17H,3,13H2,1-2H3. The summed E-state index contributed by atoms with van der Waals surface area (Å²) in [7, 11) is 1.67. The van der Waals surface area contributed by atoms with Crippen LogP contribution in [0.1, 0.15) is 18.1 Å². The second-order valence-corrected chi connectivity index (χ2v) is 4.47. The lowest BCUT2D eigenvalue weighted by Gasteiger charge is -2.17. The molecule has 19 heavy (non-hydrogen) atoms. The van der Waals surface area contributed by atoms with Gasteiger partial charge in [0.05, 0.1) is 0 Å². The SMILES string of the molecule is CCc1ccc(OC(Cc2ccccc2)OC)cc1. The van der Waals surface area contributed by atoms with Crippen LogP contribution < -0.4 is 4.74 Å². The molecule has 2 aromatic carbocycles. The lowest BCUT2D eigenvalue weighted by molar-refractivity contribution is -0.0519. The minimum Gasteiger partial charge on any atom is -0.465 e. The smallest absolute Gasteiger partial charge is 0.203 e. The highest BCUT2D eigenvalue weighted by Gasteiger charge is 2.10. The molecule has 100 valence electrons. The van der Waals surface area contributed by atoms with Crippen LogP contribution in [0.15, 0.2) is 54.6 Å². The number of ether oxygens (including phenoxy) is 2. The van der Waals surface area contributed by atoms with E-state index in [1.807, 2.05) is 30.3 Å². The molecule has 0 aliphatic carbocycles. The van der Waals surface area contributed by atoms with E-state index in [-0.39, 0.29) is 6.29 Å². The Hall–Kier alpha value is -1.80. The topological polar surface area (TPSA) is 18.5 Å². The largest absolute Gasteiger partial charge is 0.465 e. The van der Waals surface area contributed by atoms with Crippen molar-refractivity contribution in [2.45, 2.75) is 26.1 Å². The number of benzene rings is 2. The van der Waals surface area contributed by atoms with Gasteiger partial charge in [-0.25, -0.2) is 0 Å². The van der Waals surface area contributed by atoms with Gasteiger partial charge in [0.15, 0.2) is 0 Å². The predicted octanol–water partition coefficient (Wildman–Crippen LogP) is 3.84. The zero-order valence-electron chi connectivity index (χ0n) is 11.5. The van der Waals surface area contributed by atoms with Crippen molar-refractivity contribution >= 4 is 0 Å². The van der Waals surface area contributed by atoms with E-state index in [1.165, 1.54) is 11.1 Å². The number of rotatable bonds is 6. The minimum atomic E-state index is -0.255. The van der Waals surface area contributed by atoms with Gasteiger partial charge in [-0.05, 0) is 29.7 Å². The van der Waals surface area contributed by atoms with Crippen LogP contribution in [0.4, 0.5) is 0 Å². The Bertz CT molecular complexity index is 476. The Morgan fingerprint density at radius 3 is 2.16 bits per heavy atom. The van der Waals surface area contributed by atoms with Crippen molar-refractivity contribution < 1.29 is 9.47 Å². The van der Waals surface area contributed by atoms with Crippen molar-refractivity contribution in [3.05, 3.63) is 65.7 Å². The van der Waals surface area contributed by atoms with Crippen LogP contribution in [-0.4, -0.2) is 13.4 Å². The highest BCUT2D eigenvalue weighted by Crippen LogP contribution is 2.16. The molecule has 0 aliphatic rings. The van der Waals surface area contributed by atoms with E-state index in [9.17, 15) is 0 Å². The van der Waals surface area contributed by atoms with Crippen LogP contribution in [0.25, 0.3) is 0 Å². The van der Waals surface area contributed by atoms with Gasteiger partial charge in [-0.1, -0.05) is 49.4 Å². The normalized spacial score (nSPS) is 12.1. The average molecular weight is 256 g/mol. The van der Waals surface area contributed by atoms with Crippen molar-refractivity contribution in [1.82, 2.24) is 0 Å². The van der Waals surface area contributed by atoms with Crippen molar-refractivity contribution in [3.8, 4) is 5.75 Å². The average Bonchev–Trinajstić information content (AvgIpc) is 2.48. The van der Waals surface area contributed by atoms with Gasteiger partial charge in [0.2, 0.25) is 6.29 Å². The van der Waals surface area contributed by atoms with Gasteiger partial charge in [-0.2, -0.15) is 0 Å². The van der Waals surface area contributed by atoms with Gasteiger partial charge in [-0.3, -0.25) is 0 Å². The molecule has 2 nitrogen and oxygen atoms in total. The van der Waals surface area contributed by atoms with Gasteiger partial charge in [-0.15, -0.1) is 0 Å². The van der Waals surface area contributed by atoms with Gasteiger partial charge in [0, 0.05) is 13.5 Å². The molecule has 1 unspecified atom stereocenters. The number of hydrogen-bond donors (Lipinski definition) is 0. The molecule has 0 fully saturated rings. The molecule has 0 aliphatic heterocycles. The van der Waals surface area contributed by atoms with Crippen LogP contribution in [-0.2, 0) is 17.6 Å². The first-order valence-corrected chi connectivity index (χ1v) is 6.64. The summed E-state index contributed by atoms with van der Waals surface area (Å²) in [5.41, 5.74) is 2.52. The molecule has 1 atom stereocenters. The molecule has 0 N–H and O–H groups in total. The van der Waals surface area contributed by atoms with Crippen LogP contribution in [0.5, 0.6) is 5.75 Å². The first-order valence-electron chi connectivity index (χ1n) is 6.64. The van der Waals surface area contributed by atoms with Crippen molar-refractivity contribution in [2.24, 2.45) is 0 Å². The maximum atomic E-state index is 5.84. The second kappa shape index (κ2) is 6.95. The molecule has 0 radical (unpaired) electrons. The fourth-order valence-corrected chi connectivity index (χ4v) is 1.94. The van der Waals surface area contributed by atoms with Gasteiger partial charge >= 0.3 is 0 Å². The minimum absolute atomic E-state index is 0.255. The number of aryl methyl sites for hydroxylation is 1. The molecule has 0 heterocycles. The molecular weight excluding hydrogens is 236 g/mol. The molecule has 0 amide bonds. The highest BCUT2D eigenvalue weighted by atomic mass is 16.7. The third-order valence-corrected chi connectivity index (χ3v) is 3.11. The zero-order chi connectivity index (χ0) is 13.5. The monoisotopic (exact) mass is 256 g/mol. The maximum Gasteiger partial charge on any atom is 0.203 e. The summed E-state index contributed by atoms with van der Waals surface area (Å²) < 4.78 is 11.2. The van der Waals surface area contributed by atoms with Gasteiger partial charge < -0.3 is 9.47 Å². The molecule has 0 saturated heterocycles. The third kappa shape index (κ3) is 4.11. The van der Waals surface area contributed by atoms with E-state index in [0.717, 1.165) is 18.6 Å². The molecule has 2 rings (SSSR count). The summed E-state index contributed by atoms with van der Waals surface area (Å²) in [6.07, 6.45) is 1.53. The first-order chi connectivity index (χ1) is 9.31. The van der Waals surface area contributed by atoms with Crippen molar-refractivity contribution in [3.63, 3.8) is 0 Å². The van der Waals surface area contributed by atoms with Crippen LogP contribution in [0.2, 0.25) is 0 Å². The lowest BCUT2D eigenvalue weighted by atomic mass is 10.1. The fourth-order valence-electron chi connectivity index (χ4n) is 1.94. The molecule has 2 aromatic rings. The quantitative estimate of drug-likeness (QED) is 0.731. The summed E-state index contributed by atoms with van der Waals surface area (Å²) in [4.78, 5) is 0. The summed E-state index contributed by atoms with van der Waals surface area (Å²) in [5.74, 6) is 0.847. The summed E-state index contributed by atoms with van der Waals surface area (Å²) in [5, 5.41) is 0. The van der Waals surface area contributed by atoms with Crippen LogP contribution in [0, 0.1) is 0 Å². The molecule has 0 aromatic heterocycles. The van der Waals surface area contributed by atoms with Crippen molar-refractivity contribution in [1.29, 1.82) is 0 Å². The Morgan fingerprint density at radius 1 is 0.895 bits per heavy atom. The van der Waals surface area contributed by atoms with E-state index < -0.39 is 0 Å². The highest BCUT2D eigenvalue weighted by molar-refractivity contribution is 5.27. The van der Waals surface area contributed by atoms with Crippen LogP contribution >= 0.6 is 0 Å².